The summed E-state index contributed by atoms with van der Waals surface area (Å²) in [5.41, 5.74) is 1.52. The number of thiophene rings is 1. The number of fused-ring (bicyclic) bond motifs is 7. The quantitative estimate of drug-likeness (QED) is 0.537. The molecule has 0 bridgehead atoms. The third-order valence-electron chi connectivity index (χ3n) is 7.10. The molecule has 3 unspecified atom stereocenters. The van der Waals surface area contributed by atoms with Crippen LogP contribution < -0.4 is 0 Å². The van der Waals surface area contributed by atoms with Crippen molar-refractivity contribution in [2.45, 2.75) is 18.3 Å². The lowest BCUT2D eigenvalue weighted by Gasteiger charge is -2.54. The highest BCUT2D eigenvalue weighted by molar-refractivity contribution is 7.22. The normalized spacial score (nSPS) is 25.7. The second-order valence-corrected chi connectivity index (χ2v) is 9.92. The maximum absolute atomic E-state index is 15.3. The molecule has 3 atom stereocenters. The minimum atomic E-state index is -1.32. The van der Waals surface area contributed by atoms with Crippen LogP contribution in [0.25, 0.3) is 20.5 Å². The zero-order valence-electron chi connectivity index (χ0n) is 18.2. The van der Waals surface area contributed by atoms with Crippen LogP contribution in [0.2, 0.25) is 0 Å². The predicted molar refractivity (Wildman–Crippen MR) is 124 cm³/mol. The maximum Gasteiger partial charge on any atom is 0.277 e. The van der Waals surface area contributed by atoms with Gasteiger partial charge in [-0.25, -0.2) is 8.78 Å². The summed E-state index contributed by atoms with van der Waals surface area (Å²) in [5, 5.41) is 25.3. The molecule has 2 aromatic carbocycles. The summed E-state index contributed by atoms with van der Waals surface area (Å²) in [6.07, 6.45) is 1.04. The van der Waals surface area contributed by atoms with Gasteiger partial charge in [-0.3, -0.25) is 9.80 Å². The summed E-state index contributed by atoms with van der Waals surface area (Å²) in [4.78, 5) is 15.6. The number of hydrogen-bond acceptors (Lipinski definition) is 7. The summed E-state index contributed by atoms with van der Waals surface area (Å²) in [7, 11) is 0. The standard InChI is InChI=1S/C25H19F2N3O4S/c26-14-6-5-13-18(20(14)27)24-19(12-3-1-2-4-16(12)35-24)21(13)30-17-11-34-10-9-28(17)25(33)22-23(32)15(31)7-8-29(22)30/h1-8,15,17,21,31-32H,9-11H2. The Bertz CT molecular complexity index is 1480. The van der Waals surface area contributed by atoms with Crippen LogP contribution in [0, 0.1) is 11.6 Å². The van der Waals surface area contributed by atoms with Gasteiger partial charge >= 0.3 is 0 Å². The van der Waals surface area contributed by atoms with Gasteiger partial charge < -0.3 is 19.8 Å². The topological polar surface area (TPSA) is 76.5 Å². The number of carbonyl (C=O) groups excluding carboxylic acids is 1. The number of carbonyl (C=O) groups is 1. The number of rotatable bonds is 1. The molecule has 1 aliphatic carbocycles. The van der Waals surface area contributed by atoms with Crippen LogP contribution in [0.4, 0.5) is 8.78 Å². The molecule has 35 heavy (non-hydrogen) atoms. The van der Waals surface area contributed by atoms with Gasteiger partial charge in [0.25, 0.3) is 5.91 Å². The number of benzene rings is 2. The van der Waals surface area contributed by atoms with E-state index < -0.39 is 41.6 Å². The highest BCUT2D eigenvalue weighted by Crippen LogP contribution is 2.56. The molecule has 7 nitrogen and oxygen atoms in total. The lowest BCUT2D eigenvalue weighted by Crippen LogP contribution is -2.67. The monoisotopic (exact) mass is 495 g/mol. The first-order chi connectivity index (χ1) is 17.0. The lowest BCUT2D eigenvalue weighted by atomic mass is 9.99. The molecule has 1 aromatic heterocycles. The van der Waals surface area contributed by atoms with Gasteiger partial charge in [0.15, 0.2) is 23.1 Å². The third-order valence-corrected chi connectivity index (χ3v) is 8.31. The van der Waals surface area contributed by atoms with Crippen molar-refractivity contribution in [3.05, 3.63) is 82.9 Å². The molecule has 1 amide bonds. The van der Waals surface area contributed by atoms with Crippen molar-refractivity contribution in [2.75, 3.05) is 19.8 Å². The van der Waals surface area contributed by atoms with Gasteiger partial charge in [-0.15, -0.1) is 11.3 Å². The molecule has 178 valence electrons. The molecule has 0 radical (unpaired) electrons. The number of morpholine rings is 1. The van der Waals surface area contributed by atoms with Crippen LogP contribution >= 0.6 is 11.3 Å². The Hall–Kier alpha value is -3.31. The Morgan fingerprint density at radius 2 is 1.97 bits per heavy atom. The van der Waals surface area contributed by atoms with Gasteiger partial charge in [0, 0.05) is 33.4 Å². The molecular weight excluding hydrogens is 476 g/mol. The molecule has 4 heterocycles. The number of aliphatic hydroxyl groups excluding tert-OH is 2. The number of hydrogen-bond donors (Lipinski definition) is 2. The van der Waals surface area contributed by atoms with Crippen LogP contribution in [-0.2, 0) is 9.53 Å². The number of aliphatic hydroxyl groups is 2. The van der Waals surface area contributed by atoms with Crippen LogP contribution in [0.3, 0.4) is 0 Å². The fourth-order valence-electron chi connectivity index (χ4n) is 5.59. The summed E-state index contributed by atoms with van der Waals surface area (Å²) < 4.78 is 36.4. The predicted octanol–water partition coefficient (Wildman–Crippen LogP) is 3.62. The first kappa shape index (κ1) is 21.0. The third kappa shape index (κ3) is 2.70. The van der Waals surface area contributed by atoms with Gasteiger partial charge in [0.05, 0.1) is 19.3 Å². The van der Waals surface area contributed by atoms with E-state index in [0.717, 1.165) is 21.7 Å². The van der Waals surface area contributed by atoms with Crippen LogP contribution in [0.5, 0.6) is 0 Å². The summed E-state index contributed by atoms with van der Waals surface area (Å²) in [6, 6.07) is 9.79. The fraction of sp³-hybridized carbons (Fsp3) is 0.240. The SMILES string of the molecule is O=C1C2=C(O)C(O)C=CN2N(C2c3ccc(F)c(F)c3-c3sc4ccccc4c32)C2COCCN12. The van der Waals surface area contributed by atoms with E-state index >= 15 is 4.39 Å². The Morgan fingerprint density at radius 1 is 1.14 bits per heavy atom. The van der Waals surface area contributed by atoms with E-state index in [0.29, 0.717) is 23.6 Å². The maximum atomic E-state index is 15.3. The van der Waals surface area contributed by atoms with Gasteiger partial charge in [-0.2, -0.15) is 5.01 Å². The van der Waals surface area contributed by atoms with E-state index in [2.05, 4.69) is 0 Å². The van der Waals surface area contributed by atoms with Crippen molar-refractivity contribution in [1.29, 1.82) is 0 Å². The summed E-state index contributed by atoms with van der Waals surface area (Å²) in [6.45, 7) is 0.814. The molecule has 2 saturated heterocycles. The van der Waals surface area contributed by atoms with Crippen LogP contribution in [0.1, 0.15) is 17.2 Å². The van der Waals surface area contributed by atoms with E-state index in [1.807, 2.05) is 29.3 Å². The molecule has 0 spiro atoms. The second kappa shape index (κ2) is 7.34. The van der Waals surface area contributed by atoms with Crippen LogP contribution in [-0.4, -0.2) is 63.1 Å². The Labute approximate surface area is 202 Å². The van der Waals surface area contributed by atoms with E-state index in [9.17, 15) is 19.4 Å². The molecule has 0 saturated carbocycles. The van der Waals surface area contributed by atoms with E-state index in [1.165, 1.54) is 28.6 Å². The van der Waals surface area contributed by atoms with Gasteiger partial charge in [-0.05, 0) is 29.2 Å². The molecular formula is C25H19F2N3O4S. The van der Waals surface area contributed by atoms with Gasteiger partial charge in [0.2, 0.25) is 0 Å². The van der Waals surface area contributed by atoms with Crippen molar-refractivity contribution in [2.24, 2.45) is 0 Å². The summed E-state index contributed by atoms with van der Waals surface area (Å²) in [5.74, 6) is -2.71. The zero-order valence-corrected chi connectivity index (χ0v) is 19.0. The van der Waals surface area contributed by atoms with Crippen molar-refractivity contribution in [1.82, 2.24) is 14.9 Å². The number of halogens is 2. The van der Waals surface area contributed by atoms with Gasteiger partial charge in [0.1, 0.15) is 12.3 Å². The highest BCUT2D eigenvalue weighted by atomic mass is 32.1. The van der Waals surface area contributed by atoms with Gasteiger partial charge in [-0.1, -0.05) is 24.3 Å². The van der Waals surface area contributed by atoms with E-state index in [1.54, 1.807) is 11.0 Å². The molecule has 2 N–H and O–H groups in total. The molecule has 7 rings (SSSR count). The zero-order chi connectivity index (χ0) is 24.0. The number of ether oxygens (including phenoxy) is 1. The number of nitrogens with zero attached hydrogens (tertiary/aromatic N) is 3. The minimum absolute atomic E-state index is 0.0599. The average Bonchev–Trinajstić information content (AvgIpc) is 3.39. The van der Waals surface area contributed by atoms with Crippen molar-refractivity contribution < 1.29 is 28.5 Å². The fourth-order valence-corrected chi connectivity index (χ4v) is 6.88. The van der Waals surface area contributed by atoms with E-state index in [4.69, 9.17) is 4.74 Å². The Balaban J connectivity index is 1.52. The molecule has 10 heteroatoms. The van der Waals surface area contributed by atoms with Crippen molar-refractivity contribution in [3.8, 4) is 10.4 Å². The first-order valence-corrected chi connectivity index (χ1v) is 12.0. The highest BCUT2D eigenvalue weighted by Gasteiger charge is 2.52. The molecule has 3 aromatic rings. The number of hydrazine groups is 1. The Kier molecular flexibility index (Phi) is 4.41. The van der Waals surface area contributed by atoms with Crippen molar-refractivity contribution in [3.63, 3.8) is 0 Å². The molecule has 3 aliphatic heterocycles. The smallest absolute Gasteiger partial charge is 0.277 e. The molecule has 2 fully saturated rings. The first-order valence-electron chi connectivity index (χ1n) is 11.2. The van der Waals surface area contributed by atoms with Crippen molar-refractivity contribution >= 4 is 27.3 Å². The van der Waals surface area contributed by atoms with E-state index in [-0.39, 0.29) is 17.9 Å². The van der Waals surface area contributed by atoms with Crippen LogP contribution in [0.15, 0.2) is 60.1 Å². The second-order valence-electron chi connectivity index (χ2n) is 8.87. The number of amides is 1. The molecule has 4 aliphatic rings. The Morgan fingerprint density at radius 3 is 2.83 bits per heavy atom. The average molecular weight is 496 g/mol. The largest absolute Gasteiger partial charge is 0.507 e. The lowest BCUT2D eigenvalue weighted by molar-refractivity contribution is -0.189. The summed E-state index contributed by atoms with van der Waals surface area (Å²) >= 11 is 1.40. The minimum Gasteiger partial charge on any atom is -0.507 e.